The van der Waals surface area contributed by atoms with Crippen LogP contribution in [0.2, 0.25) is 0 Å². The fraction of sp³-hybridized carbons (Fsp3) is 0.455. The summed E-state index contributed by atoms with van der Waals surface area (Å²) in [4.78, 5) is 6.42. The molecule has 1 saturated heterocycles. The molecule has 1 aliphatic heterocycles. The lowest BCUT2D eigenvalue weighted by Gasteiger charge is -2.30. The number of hydrogen-bond acceptors (Lipinski definition) is 3. The summed E-state index contributed by atoms with van der Waals surface area (Å²) < 4.78 is 0. The predicted octanol–water partition coefficient (Wildman–Crippen LogP) is 1.10. The maximum atomic E-state index is 9.35. The maximum Gasteiger partial charge on any atom is 0.128 e. The van der Waals surface area contributed by atoms with E-state index in [4.69, 9.17) is 6.92 Å². The van der Waals surface area contributed by atoms with Gasteiger partial charge in [-0.1, -0.05) is 6.07 Å². The van der Waals surface area contributed by atoms with Crippen LogP contribution in [-0.2, 0) is 0 Å². The van der Waals surface area contributed by atoms with Crippen LogP contribution in [0.4, 0.5) is 5.82 Å². The van der Waals surface area contributed by atoms with E-state index in [0.29, 0.717) is 5.56 Å². The Labute approximate surface area is 84.4 Å². The highest BCUT2D eigenvalue weighted by Gasteiger charge is 2.17. The van der Waals surface area contributed by atoms with E-state index >= 15 is 0 Å². The summed E-state index contributed by atoms with van der Waals surface area (Å²) in [6, 6.07) is 3.78. The van der Waals surface area contributed by atoms with E-state index in [2.05, 4.69) is 9.88 Å². The number of hydrogen-bond donors (Lipinski definition) is 1. The van der Waals surface area contributed by atoms with Crippen molar-refractivity contribution in [3.05, 3.63) is 30.8 Å². The van der Waals surface area contributed by atoms with Crippen molar-refractivity contribution in [3.63, 3.8) is 0 Å². The summed E-state index contributed by atoms with van der Waals surface area (Å²) in [6.07, 6.45) is 3.18. The van der Waals surface area contributed by atoms with Crippen molar-refractivity contribution < 1.29 is 5.11 Å². The first-order valence-electron chi connectivity index (χ1n) is 4.90. The number of anilines is 1. The van der Waals surface area contributed by atoms with Gasteiger partial charge in [-0.25, -0.2) is 4.98 Å². The minimum Gasteiger partial charge on any atom is -0.393 e. The molecule has 1 N–H and O–H groups in total. The maximum absolute atomic E-state index is 9.35. The highest BCUT2D eigenvalue weighted by molar-refractivity contribution is 5.40. The van der Waals surface area contributed by atoms with E-state index in [1.54, 1.807) is 6.20 Å². The van der Waals surface area contributed by atoms with Gasteiger partial charge in [-0.3, -0.25) is 0 Å². The van der Waals surface area contributed by atoms with Crippen LogP contribution in [-0.4, -0.2) is 29.3 Å². The topological polar surface area (TPSA) is 36.4 Å². The predicted molar refractivity (Wildman–Crippen MR) is 55.1 cm³/mol. The van der Waals surface area contributed by atoms with Crippen LogP contribution in [0.1, 0.15) is 18.4 Å². The molecule has 0 spiro atoms. The number of piperidine rings is 1. The van der Waals surface area contributed by atoms with Gasteiger partial charge in [0.25, 0.3) is 0 Å². The Morgan fingerprint density at radius 3 is 2.64 bits per heavy atom. The van der Waals surface area contributed by atoms with Gasteiger partial charge in [0.2, 0.25) is 0 Å². The Balaban J connectivity index is 2.05. The molecule has 2 heterocycles. The molecule has 0 unspecified atom stereocenters. The second-order valence-corrected chi connectivity index (χ2v) is 3.67. The van der Waals surface area contributed by atoms with E-state index < -0.39 is 0 Å². The fourth-order valence-corrected chi connectivity index (χ4v) is 1.68. The summed E-state index contributed by atoms with van der Waals surface area (Å²) in [6.45, 7) is 7.30. The number of nitrogens with zero attached hydrogens (tertiary/aromatic N) is 2. The monoisotopic (exact) mass is 190 g/mol. The fourth-order valence-electron chi connectivity index (χ4n) is 1.68. The van der Waals surface area contributed by atoms with Crippen molar-refractivity contribution in [2.75, 3.05) is 18.0 Å². The van der Waals surface area contributed by atoms with Crippen molar-refractivity contribution in [1.29, 1.82) is 0 Å². The highest BCUT2D eigenvalue weighted by atomic mass is 16.3. The second kappa shape index (κ2) is 3.96. The lowest BCUT2D eigenvalue weighted by molar-refractivity contribution is 0.145. The summed E-state index contributed by atoms with van der Waals surface area (Å²) in [7, 11) is 0. The lowest BCUT2D eigenvalue weighted by atomic mass is 10.1. The molecular formula is C11H14N2O. The SMILES string of the molecule is [CH]c1ccc(N2CCC(O)CC2)nc1. The first-order valence-corrected chi connectivity index (χ1v) is 4.90. The summed E-state index contributed by atoms with van der Waals surface area (Å²) in [5.41, 5.74) is 0.686. The van der Waals surface area contributed by atoms with Crippen LogP contribution >= 0.6 is 0 Å². The molecular weight excluding hydrogens is 176 g/mol. The largest absolute Gasteiger partial charge is 0.393 e. The van der Waals surface area contributed by atoms with Crippen LogP contribution in [0.25, 0.3) is 0 Å². The van der Waals surface area contributed by atoms with E-state index in [1.165, 1.54) is 0 Å². The molecule has 1 aromatic heterocycles. The lowest BCUT2D eigenvalue weighted by Crippen LogP contribution is -2.36. The first-order chi connectivity index (χ1) is 6.75. The van der Waals surface area contributed by atoms with Crippen molar-refractivity contribution in [1.82, 2.24) is 4.98 Å². The molecule has 0 atom stereocenters. The number of aromatic nitrogens is 1. The Morgan fingerprint density at radius 1 is 1.36 bits per heavy atom. The molecule has 0 aromatic carbocycles. The summed E-state index contributed by atoms with van der Waals surface area (Å²) in [5, 5.41) is 9.35. The van der Waals surface area contributed by atoms with Gasteiger partial charge < -0.3 is 10.0 Å². The molecule has 1 fully saturated rings. The van der Waals surface area contributed by atoms with Crippen LogP contribution in [0.15, 0.2) is 18.3 Å². The van der Waals surface area contributed by atoms with E-state index in [0.717, 1.165) is 31.7 Å². The molecule has 1 aromatic rings. The Bertz CT molecular complexity index is 289. The third-order valence-electron chi connectivity index (χ3n) is 2.56. The van der Waals surface area contributed by atoms with Crippen LogP contribution in [0.3, 0.4) is 0 Å². The Kier molecular flexibility index (Phi) is 2.68. The molecule has 14 heavy (non-hydrogen) atoms. The molecule has 3 heteroatoms. The zero-order valence-electron chi connectivity index (χ0n) is 8.06. The zero-order valence-corrected chi connectivity index (χ0v) is 8.06. The minimum absolute atomic E-state index is 0.139. The number of pyridine rings is 1. The van der Waals surface area contributed by atoms with Crippen LogP contribution in [0, 0.1) is 6.92 Å². The van der Waals surface area contributed by atoms with Crippen LogP contribution < -0.4 is 4.90 Å². The molecule has 2 radical (unpaired) electrons. The zero-order chi connectivity index (χ0) is 9.97. The smallest absolute Gasteiger partial charge is 0.128 e. The molecule has 3 nitrogen and oxygen atoms in total. The molecule has 0 bridgehead atoms. The standard InChI is InChI=1S/C11H14N2O/c1-9-2-3-11(12-8-9)13-6-4-10(14)5-7-13/h1-3,8,10,14H,4-7H2. The average Bonchev–Trinajstić information content (AvgIpc) is 2.21. The average molecular weight is 190 g/mol. The molecule has 0 saturated carbocycles. The summed E-state index contributed by atoms with van der Waals surface area (Å²) in [5.74, 6) is 0.950. The number of rotatable bonds is 1. The van der Waals surface area contributed by atoms with Gasteiger partial charge in [-0.05, 0) is 24.5 Å². The van der Waals surface area contributed by atoms with Gasteiger partial charge in [0, 0.05) is 26.2 Å². The van der Waals surface area contributed by atoms with E-state index in [-0.39, 0.29) is 6.10 Å². The van der Waals surface area contributed by atoms with Gasteiger partial charge in [0.05, 0.1) is 6.10 Å². The Morgan fingerprint density at radius 2 is 2.07 bits per heavy atom. The minimum atomic E-state index is -0.139. The third kappa shape index (κ3) is 2.04. The molecule has 0 amide bonds. The molecule has 2 rings (SSSR count). The molecule has 0 aliphatic carbocycles. The number of aliphatic hydroxyl groups is 1. The third-order valence-corrected chi connectivity index (χ3v) is 2.56. The normalized spacial score (nSPS) is 18.6. The van der Waals surface area contributed by atoms with E-state index in [9.17, 15) is 5.11 Å². The Hall–Kier alpha value is -1.09. The van der Waals surface area contributed by atoms with Crippen molar-refractivity contribution in [2.45, 2.75) is 18.9 Å². The quantitative estimate of drug-likeness (QED) is 0.720. The highest BCUT2D eigenvalue weighted by Crippen LogP contribution is 2.17. The molecule has 1 aliphatic rings. The van der Waals surface area contributed by atoms with Crippen molar-refractivity contribution in [3.8, 4) is 0 Å². The first kappa shape index (κ1) is 9.46. The second-order valence-electron chi connectivity index (χ2n) is 3.67. The van der Waals surface area contributed by atoms with Gasteiger partial charge in [0.1, 0.15) is 5.82 Å². The number of aliphatic hydroxyl groups excluding tert-OH is 1. The van der Waals surface area contributed by atoms with E-state index in [1.807, 2.05) is 12.1 Å². The van der Waals surface area contributed by atoms with Gasteiger partial charge >= 0.3 is 0 Å². The van der Waals surface area contributed by atoms with Gasteiger partial charge in [-0.2, -0.15) is 0 Å². The van der Waals surface area contributed by atoms with Gasteiger partial charge in [0.15, 0.2) is 0 Å². The summed E-state index contributed by atoms with van der Waals surface area (Å²) >= 11 is 0. The molecule has 74 valence electrons. The van der Waals surface area contributed by atoms with Gasteiger partial charge in [-0.15, -0.1) is 0 Å². The van der Waals surface area contributed by atoms with Crippen molar-refractivity contribution >= 4 is 5.82 Å². The van der Waals surface area contributed by atoms with Crippen LogP contribution in [0.5, 0.6) is 0 Å². The van der Waals surface area contributed by atoms with Crippen molar-refractivity contribution in [2.24, 2.45) is 0 Å².